The van der Waals surface area contributed by atoms with Gasteiger partial charge in [0, 0.05) is 27.8 Å². The Bertz CT molecular complexity index is 882. The fraction of sp³-hybridized carbons (Fsp3) is 0.167. The number of aromatic nitrogens is 3. The van der Waals surface area contributed by atoms with Crippen LogP contribution < -0.4 is 0 Å². The third-order valence-corrected chi connectivity index (χ3v) is 4.24. The van der Waals surface area contributed by atoms with Crippen LogP contribution in [-0.4, -0.2) is 23.1 Å². The molecular formula is C12H10ClN3O3S. The Morgan fingerprint density at radius 1 is 1.35 bits per heavy atom. The maximum atomic E-state index is 11.6. The van der Waals surface area contributed by atoms with Crippen molar-refractivity contribution in [3.63, 3.8) is 0 Å². The first kappa shape index (κ1) is 13.1. The number of para-hydroxylation sites is 1. The number of benzene rings is 1. The van der Waals surface area contributed by atoms with Crippen molar-refractivity contribution >= 4 is 30.6 Å². The standard InChI is InChI=1S/C12H10ClN3O3S/c1-8-14-12(19-15-8)7-16-6-11(20(13,17)18)9-4-2-3-5-10(9)16/h2-6H,7H2,1H3. The number of halogens is 1. The van der Waals surface area contributed by atoms with Crippen molar-refractivity contribution in [1.82, 2.24) is 14.7 Å². The molecule has 0 aliphatic rings. The van der Waals surface area contributed by atoms with Crippen molar-refractivity contribution in [2.24, 2.45) is 0 Å². The lowest BCUT2D eigenvalue weighted by molar-refractivity contribution is 0.369. The van der Waals surface area contributed by atoms with Gasteiger partial charge in [-0.1, -0.05) is 23.4 Å². The Morgan fingerprint density at radius 3 is 2.75 bits per heavy atom. The molecule has 0 bridgehead atoms. The van der Waals surface area contributed by atoms with Crippen molar-refractivity contribution in [2.75, 3.05) is 0 Å². The molecule has 0 aliphatic heterocycles. The van der Waals surface area contributed by atoms with Gasteiger partial charge in [-0.2, -0.15) is 4.98 Å². The molecule has 3 rings (SSSR count). The number of rotatable bonds is 3. The zero-order chi connectivity index (χ0) is 14.3. The van der Waals surface area contributed by atoms with E-state index in [1.54, 1.807) is 23.6 Å². The summed E-state index contributed by atoms with van der Waals surface area (Å²) in [5.74, 6) is 0.934. The van der Waals surface area contributed by atoms with Crippen LogP contribution in [0, 0.1) is 6.92 Å². The molecule has 2 heterocycles. The van der Waals surface area contributed by atoms with Crippen LogP contribution in [0.1, 0.15) is 11.7 Å². The van der Waals surface area contributed by atoms with Crippen LogP contribution in [0.3, 0.4) is 0 Å². The Balaban J connectivity index is 2.16. The van der Waals surface area contributed by atoms with Crippen molar-refractivity contribution in [1.29, 1.82) is 0 Å². The lowest BCUT2D eigenvalue weighted by atomic mass is 10.2. The zero-order valence-electron chi connectivity index (χ0n) is 10.4. The maximum Gasteiger partial charge on any atom is 0.263 e. The van der Waals surface area contributed by atoms with Crippen molar-refractivity contribution in [3.8, 4) is 0 Å². The molecule has 0 fully saturated rings. The Morgan fingerprint density at radius 2 is 2.10 bits per heavy atom. The molecule has 3 aromatic rings. The highest BCUT2D eigenvalue weighted by Crippen LogP contribution is 2.28. The van der Waals surface area contributed by atoms with Gasteiger partial charge in [0.2, 0.25) is 5.89 Å². The Kier molecular flexibility index (Phi) is 3.02. The minimum atomic E-state index is -3.81. The summed E-state index contributed by atoms with van der Waals surface area (Å²) in [5, 5.41) is 4.27. The van der Waals surface area contributed by atoms with Gasteiger partial charge in [0.15, 0.2) is 5.82 Å². The van der Waals surface area contributed by atoms with Crippen LogP contribution >= 0.6 is 10.7 Å². The minimum absolute atomic E-state index is 0.0750. The summed E-state index contributed by atoms with van der Waals surface area (Å²) in [6.45, 7) is 2.00. The second-order valence-corrected chi connectivity index (χ2v) is 6.85. The van der Waals surface area contributed by atoms with Crippen LogP contribution in [0.15, 0.2) is 39.9 Å². The molecule has 8 heteroatoms. The first-order valence-corrected chi connectivity index (χ1v) is 8.08. The number of fused-ring (bicyclic) bond motifs is 1. The summed E-state index contributed by atoms with van der Waals surface area (Å²) >= 11 is 0. The summed E-state index contributed by atoms with van der Waals surface area (Å²) in [5.41, 5.74) is 0.738. The lowest BCUT2D eigenvalue weighted by Gasteiger charge is -2.00. The minimum Gasteiger partial charge on any atom is -0.337 e. The van der Waals surface area contributed by atoms with E-state index in [1.165, 1.54) is 6.20 Å². The molecule has 0 radical (unpaired) electrons. The van der Waals surface area contributed by atoms with Gasteiger partial charge in [0.25, 0.3) is 9.05 Å². The van der Waals surface area contributed by atoms with E-state index < -0.39 is 9.05 Å². The molecule has 20 heavy (non-hydrogen) atoms. The molecule has 0 amide bonds. The van der Waals surface area contributed by atoms with Crippen molar-refractivity contribution in [2.45, 2.75) is 18.4 Å². The molecule has 0 saturated carbocycles. The first-order valence-electron chi connectivity index (χ1n) is 5.77. The third kappa shape index (κ3) is 2.30. The molecule has 0 N–H and O–H groups in total. The summed E-state index contributed by atoms with van der Waals surface area (Å²) in [4.78, 5) is 4.18. The molecule has 0 saturated heterocycles. The SMILES string of the molecule is Cc1noc(Cn2cc(S(=O)(=O)Cl)c3ccccc32)n1. The predicted octanol–water partition coefficient (Wildman–Crippen LogP) is 2.31. The number of hydrogen-bond acceptors (Lipinski definition) is 5. The van der Waals surface area contributed by atoms with Gasteiger partial charge in [-0.15, -0.1) is 0 Å². The summed E-state index contributed by atoms with van der Waals surface area (Å²) < 4.78 is 30.0. The van der Waals surface area contributed by atoms with E-state index in [2.05, 4.69) is 10.1 Å². The van der Waals surface area contributed by atoms with Crippen LogP contribution in [0.4, 0.5) is 0 Å². The van der Waals surface area contributed by atoms with E-state index in [4.69, 9.17) is 15.2 Å². The molecule has 0 spiro atoms. The highest BCUT2D eigenvalue weighted by molar-refractivity contribution is 8.14. The van der Waals surface area contributed by atoms with E-state index in [1.807, 2.05) is 12.1 Å². The van der Waals surface area contributed by atoms with Crippen LogP contribution in [-0.2, 0) is 15.6 Å². The molecule has 2 aromatic heterocycles. The Labute approximate surface area is 119 Å². The van der Waals surface area contributed by atoms with Gasteiger partial charge in [0.1, 0.15) is 11.4 Å². The van der Waals surface area contributed by atoms with Gasteiger partial charge in [0.05, 0.1) is 0 Å². The van der Waals surface area contributed by atoms with Gasteiger partial charge >= 0.3 is 0 Å². The molecule has 6 nitrogen and oxygen atoms in total. The molecule has 1 aromatic carbocycles. The Hall–Kier alpha value is -1.86. The monoisotopic (exact) mass is 311 g/mol. The average Bonchev–Trinajstić information content (AvgIpc) is 2.94. The fourth-order valence-electron chi connectivity index (χ4n) is 2.09. The van der Waals surface area contributed by atoms with Crippen LogP contribution in [0.25, 0.3) is 10.9 Å². The van der Waals surface area contributed by atoms with Crippen LogP contribution in [0.2, 0.25) is 0 Å². The van der Waals surface area contributed by atoms with Crippen molar-refractivity contribution in [3.05, 3.63) is 42.2 Å². The maximum absolute atomic E-state index is 11.6. The summed E-state index contributed by atoms with van der Waals surface area (Å²) in [7, 11) is 1.65. The summed E-state index contributed by atoms with van der Waals surface area (Å²) in [6, 6.07) is 7.10. The molecule has 0 atom stereocenters. The number of hydrogen-bond donors (Lipinski definition) is 0. The number of aryl methyl sites for hydroxylation is 1. The first-order chi connectivity index (χ1) is 9.45. The highest BCUT2D eigenvalue weighted by atomic mass is 35.7. The van der Waals surface area contributed by atoms with E-state index in [9.17, 15) is 8.42 Å². The molecule has 0 aliphatic carbocycles. The second kappa shape index (κ2) is 4.60. The molecule has 0 unspecified atom stereocenters. The summed E-state index contributed by atoms with van der Waals surface area (Å²) in [6.07, 6.45) is 1.48. The smallest absolute Gasteiger partial charge is 0.263 e. The van der Waals surface area contributed by atoms with Gasteiger partial charge in [-0.25, -0.2) is 8.42 Å². The van der Waals surface area contributed by atoms with Crippen molar-refractivity contribution < 1.29 is 12.9 Å². The van der Waals surface area contributed by atoms with Crippen LogP contribution in [0.5, 0.6) is 0 Å². The highest BCUT2D eigenvalue weighted by Gasteiger charge is 2.19. The van der Waals surface area contributed by atoms with E-state index >= 15 is 0 Å². The predicted molar refractivity (Wildman–Crippen MR) is 73.1 cm³/mol. The van der Waals surface area contributed by atoms with Gasteiger partial charge in [-0.05, 0) is 13.0 Å². The van der Waals surface area contributed by atoms with E-state index in [-0.39, 0.29) is 11.4 Å². The quantitative estimate of drug-likeness (QED) is 0.694. The zero-order valence-corrected chi connectivity index (χ0v) is 12.0. The fourth-order valence-corrected chi connectivity index (χ4v) is 3.15. The lowest BCUT2D eigenvalue weighted by Crippen LogP contribution is -1.98. The number of nitrogens with zero attached hydrogens (tertiary/aromatic N) is 3. The normalized spacial score (nSPS) is 12.1. The third-order valence-electron chi connectivity index (χ3n) is 2.89. The largest absolute Gasteiger partial charge is 0.337 e. The second-order valence-electron chi connectivity index (χ2n) is 4.31. The van der Waals surface area contributed by atoms with E-state index in [0.29, 0.717) is 17.1 Å². The van der Waals surface area contributed by atoms with Gasteiger partial charge < -0.3 is 9.09 Å². The van der Waals surface area contributed by atoms with E-state index in [0.717, 1.165) is 5.52 Å². The van der Waals surface area contributed by atoms with Gasteiger partial charge in [-0.3, -0.25) is 0 Å². The molecular weight excluding hydrogens is 302 g/mol. The average molecular weight is 312 g/mol. The molecule has 104 valence electrons. The topological polar surface area (TPSA) is 78.0 Å².